The van der Waals surface area contributed by atoms with Crippen molar-refractivity contribution in [3.05, 3.63) is 53.6 Å². The van der Waals surface area contributed by atoms with Crippen LogP contribution < -0.4 is 16.4 Å². The summed E-state index contributed by atoms with van der Waals surface area (Å²) < 4.78 is 0. The van der Waals surface area contributed by atoms with Crippen LogP contribution in [0, 0.1) is 12.8 Å². The number of carbonyl (C=O) groups excluding carboxylic acids is 2. The summed E-state index contributed by atoms with van der Waals surface area (Å²) in [5, 5.41) is 5.73. The molecule has 5 nitrogen and oxygen atoms in total. The van der Waals surface area contributed by atoms with Crippen molar-refractivity contribution in [2.24, 2.45) is 5.92 Å². The van der Waals surface area contributed by atoms with E-state index in [1.807, 2.05) is 45.0 Å². The molecule has 0 atom stereocenters. The molecule has 0 saturated heterocycles. The second-order valence-electron chi connectivity index (χ2n) is 6.14. The van der Waals surface area contributed by atoms with Crippen LogP contribution in [0.15, 0.2) is 42.5 Å². The fraction of sp³-hybridized carbons (Fsp3) is 0.263. The zero-order chi connectivity index (χ0) is 17.7. The highest BCUT2D eigenvalue weighted by Crippen LogP contribution is 2.21. The standard InChI is InChI=1S/C19H23N3O2.ClH/c1-12(2)19(24)21-16-9-4-13(3)17(11-16)22-18(23)10-14-5-7-15(20)8-6-14;/h4-9,11-12H,10,20H2,1-3H3,(H,21,24)(H,22,23);1H. The van der Waals surface area contributed by atoms with Crippen molar-refractivity contribution >= 4 is 41.3 Å². The van der Waals surface area contributed by atoms with Crippen molar-refractivity contribution in [3.63, 3.8) is 0 Å². The molecule has 2 rings (SSSR count). The molecule has 0 aliphatic carbocycles. The predicted octanol–water partition coefficient (Wildman–Crippen LogP) is 3.77. The van der Waals surface area contributed by atoms with Gasteiger partial charge in [0.1, 0.15) is 0 Å². The Bertz CT molecular complexity index is 743. The van der Waals surface area contributed by atoms with Gasteiger partial charge in [0.05, 0.1) is 6.42 Å². The lowest BCUT2D eigenvalue weighted by Gasteiger charge is -2.13. The van der Waals surface area contributed by atoms with Crippen molar-refractivity contribution in [1.29, 1.82) is 0 Å². The number of amides is 2. The van der Waals surface area contributed by atoms with E-state index < -0.39 is 0 Å². The monoisotopic (exact) mass is 361 g/mol. The number of nitrogens with one attached hydrogen (secondary N) is 2. The Hall–Kier alpha value is -2.53. The molecule has 2 aromatic rings. The molecule has 0 fully saturated rings. The Labute approximate surface area is 154 Å². The first kappa shape index (κ1) is 20.5. The summed E-state index contributed by atoms with van der Waals surface area (Å²) in [5.74, 6) is -0.275. The van der Waals surface area contributed by atoms with Crippen LogP contribution >= 0.6 is 12.4 Å². The third-order valence-corrected chi connectivity index (χ3v) is 3.65. The lowest BCUT2D eigenvalue weighted by Crippen LogP contribution is -2.18. The lowest BCUT2D eigenvalue weighted by atomic mass is 10.1. The maximum absolute atomic E-state index is 12.2. The number of anilines is 3. The summed E-state index contributed by atoms with van der Waals surface area (Å²) in [6.45, 7) is 5.57. The number of nitrogens with two attached hydrogens (primary N) is 1. The van der Waals surface area contributed by atoms with Crippen LogP contribution in [-0.2, 0) is 16.0 Å². The predicted molar refractivity (Wildman–Crippen MR) is 105 cm³/mol. The van der Waals surface area contributed by atoms with Gasteiger partial charge in [-0.3, -0.25) is 9.59 Å². The van der Waals surface area contributed by atoms with Gasteiger partial charge in [-0.1, -0.05) is 32.0 Å². The smallest absolute Gasteiger partial charge is 0.228 e. The molecule has 2 aromatic carbocycles. The highest BCUT2D eigenvalue weighted by atomic mass is 35.5. The minimum Gasteiger partial charge on any atom is -0.399 e. The Morgan fingerprint density at radius 1 is 1.04 bits per heavy atom. The van der Waals surface area contributed by atoms with E-state index in [0.717, 1.165) is 11.1 Å². The molecule has 0 aliphatic rings. The third-order valence-electron chi connectivity index (χ3n) is 3.65. The van der Waals surface area contributed by atoms with Gasteiger partial charge in [0.15, 0.2) is 0 Å². The SMILES string of the molecule is Cc1ccc(NC(=O)C(C)C)cc1NC(=O)Cc1ccc(N)cc1.Cl. The van der Waals surface area contributed by atoms with Gasteiger partial charge in [0.25, 0.3) is 0 Å². The molecule has 0 saturated carbocycles. The van der Waals surface area contributed by atoms with Crippen molar-refractivity contribution in [2.45, 2.75) is 27.2 Å². The van der Waals surface area contributed by atoms with Gasteiger partial charge in [-0.2, -0.15) is 0 Å². The van der Waals surface area contributed by atoms with E-state index in [1.165, 1.54) is 0 Å². The third kappa shape index (κ3) is 6.12. The van der Waals surface area contributed by atoms with E-state index in [1.54, 1.807) is 18.2 Å². The molecular weight excluding hydrogens is 338 g/mol. The molecule has 25 heavy (non-hydrogen) atoms. The van der Waals surface area contributed by atoms with Gasteiger partial charge in [-0.25, -0.2) is 0 Å². The van der Waals surface area contributed by atoms with Gasteiger partial charge in [-0.05, 0) is 42.3 Å². The maximum atomic E-state index is 12.2. The lowest BCUT2D eigenvalue weighted by molar-refractivity contribution is -0.119. The number of aryl methyl sites for hydroxylation is 1. The van der Waals surface area contributed by atoms with Crippen molar-refractivity contribution in [3.8, 4) is 0 Å². The first-order valence-corrected chi connectivity index (χ1v) is 7.91. The molecule has 0 radical (unpaired) electrons. The Morgan fingerprint density at radius 2 is 1.68 bits per heavy atom. The quantitative estimate of drug-likeness (QED) is 0.708. The van der Waals surface area contributed by atoms with E-state index in [2.05, 4.69) is 10.6 Å². The first-order chi connectivity index (χ1) is 11.3. The maximum Gasteiger partial charge on any atom is 0.228 e. The van der Waals surface area contributed by atoms with E-state index in [-0.39, 0.29) is 36.6 Å². The van der Waals surface area contributed by atoms with Crippen LogP contribution in [0.3, 0.4) is 0 Å². The zero-order valence-electron chi connectivity index (χ0n) is 14.6. The number of benzene rings is 2. The van der Waals surface area contributed by atoms with Crippen LogP contribution in [0.4, 0.5) is 17.1 Å². The molecule has 0 unspecified atom stereocenters. The van der Waals surface area contributed by atoms with E-state index in [9.17, 15) is 9.59 Å². The number of nitrogen functional groups attached to an aromatic ring is 1. The molecular formula is C19H24ClN3O2. The highest BCUT2D eigenvalue weighted by molar-refractivity contribution is 5.96. The summed E-state index contributed by atoms with van der Waals surface area (Å²) in [6.07, 6.45) is 0.266. The topological polar surface area (TPSA) is 84.2 Å². The number of halogens is 1. The van der Waals surface area contributed by atoms with E-state index in [4.69, 9.17) is 5.73 Å². The Kier molecular flexibility index (Phi) is 7.45. The highest BCUT2D eigenvalue weighted by Gasteiger charge is 2.10. The largest absolute Gasteiger partial charge is 0.399 e. The minimum atomic E-state index is -0.116. The van der Waals surface area contributed by atoms with Crippen LogP contribution in [0.1, 0.15) is 25.0 Å². The van der Waals surface area contributed by atoms with E-state index in [0.29, 0.717) is 17.1 Å². The average molecular weight is 362 g/mol. The zero-order valence-corrected chi connectivity index (χ0v) is 15.4. The van der Waals surface area contributed by atoms with Gasteiger partial charge in [-0.15, -0.1) is 12.4 Å². The summed E-state index contributed by atoms with van der Waals surface area (Å²) in [4.78, 5) is 24.0. The Balaban J connectivity index is 0.00000312. The molecule has 0 aromatic heterocycles. The fourth-order valence-electron chi connectivity index (χ4n) is 2.14. The normalized spacial score (nSPS) is 10.1. The van der Waals surface area contributed by atoms with Crippen molar-refractivity contribution in [2.75, 3.05) is 16.4 Å². The summed E-state index contributed by atoms with van der Waals surface area (Å²) in [7, 11) is 0. The summed E-state index contributed by atoms with van der Waals surface area (Å²) in [6, 6.07) is 12.7. The molecule has 2 amide bonds. The average Bonchev–Trinajstić information content (AvgIpc) is 2.52. The summed E-state index contributed by atoms with van der Waals surface area (Å²) in [5.41, 5.74) is 9.50. The number of hydrogen-bond acceptors (Lipinski definition) is 3. The summed E-state index contributed by atoms with van der Waals surface area (Å²) >= 11 is 0. The number of rotatable bonds is 5. The van der Waals surface area contributed by atoms with Gasteiger partial charge in [0.2, 0.25) is 11.8 Å². The Morgan fingerprint density at radius 3 is 2.28 bits per heavy atom. The molecule has 0 aliphatic heterocycles. The van der Waals surface area contributed by atoms with Gasteiger partial charge < -0.3 is 16.4 Å². The van der Waals surface area contributed by atoms with Crippen molar-refractivity contribution < 1.29 is 9.59 Å². The first-order valence-electron chi connectivity index (χ1n) is 7.91. The fourth-order valence-corrected chi connectivity index (χ4v) is 2.14. The number of carbonyl (C=O) groups is 2. The molecule has 0 spiro atoms. The minimum absolute atomic E-state index is 0. The van der Waals surface area contributed by atoms with Gasteiger partial charge in [0, 0.05) is 23.0 Å². The molecule has 0 bridgehead atoms. The van der Waals surface area contributed by atoms with Crippen LogP contribution in [-0.4, -0.2) is 11.8 Å². The van der Waals surface area contributed by atoms with Crippen LogP contribution in [0.2, 0.25) is 0 Å². The molecule has 6 heteroatoms. The second kappa shape index (κ2) is 9.08. The molecule has 134 valence electrons. The van der Waals surface area contributed by atoms with Crippen molar-refractivity contribution in [1.82, 2.24) is 0 Å². The molecule has 0 heterocycles. The second-order valence-corrected chi connectivity index (χ2v) is 6.14. The van der Waals surface area contributed by atoms with E-state index >= 15 is 0 Å². The van der Waals surface area contributed by atoms with Crippen LogP contribution in [0.25, 0.3) is 0 Å². The molecule has 4 N–H and O–H groups in total. The van der Waals surface area contributed by atoms with Crippen LogP contribution in [0.5, 0.6) is 0 Å². The van der Waals surface area contributed by atoms with Gasteiger partial charge >= 0.3 is 0 Å². The number of hydrogen-bond donors (Lipinski definition) is 3.